The van der Waals surface area contributed by atoms with E-state index in [4.69, 9.17) is 16.3 Å². The van der Waals surface area contributed by atoms with Crippen LogP contribution < -0.4 is 10.1 Å². The van der Waals surface area contributed by atoms with E-state index in [0.717, 1.165) is 24.2 Å². The summed E-state index contributed by atoms with van der Waals surface area (Å²) in [5.74, 6) is 0.946. The van der Waals surface area contributed by atoms with Gasteiger partial charge in [0, 0.05) is 28.7 Å². The number of fused-ring (bicyclic) bond motifs is 1. The highest BCUT2D eigenvalue weighted by Crippen LogP contribution is 2.34. The number of benzene rings is 2. The van der Waals surface area contributed by atoms with Crippen LogP contribution in [0.1, 0.15) is 42.3 Å². The molecular formula is C29H34ClN3O3S. The molecule has 1 aromatic heterocycles. The van der Waals surface area contributed by atoms with E-state index < -0.39 is 0 Å². The third kappa shape index (κ3) is 7.05. The fourth-order valence-electron chi connectivity index (χ4n) is 4.43. The number of hydrogen-bond donors (Lipinski definition) is 1. The Hall–Kier alpha value is -3.03. The lowest BCUT2D eigenvalue weighted by molar-refractivity contribution is -0.135. The molecule has 0 unspecified atom stereocenters. The number of ether oxygens (including phenoxy) is 1. The molecule has 2 heterocycles. The van der Waals surface area contributed by atoms with Crippen LogP contribution >= 0.6 is 22.9 Å². The number of halogens is 1. The average Bonchev–Trinajstić information content (AvgIpc) is 3.37. The standard InChI is InChI=1S/C29H34ClN3O3S/c1-4-20(2)17-32(29(35)31-23-7-5-6-22(30)16-23)18-28(34)33-14-12-27-25(13-15-37-27)26(33)19-36-24-10-8-21(3)9-11-24/h5-11,13,15-16,20,26H,4,12,14,17-19H2,1-3H3,(H,31,35)/t20-,26-/m0/s1. The lowest BCUT2D eigenvalue weighted by Gasteiger charge is -2.37. The van der Waals surface area contributed by atoms with Gasteiger partial charge in [-0.15, -0.1) is 11.3 Å². The summed E-state index contributed by atoms with van der Waals surface area (Å²) >= 11 is 7.81. The predicted octanol–water partition coefficient (Wildman–Crippen LogP) is 6.79. The van der Waals surface area contributed by atoms with Gasteiger partial charge >= 0.3 is 6.03 Å². The first-order valence-corrected chi connectivity index (χ1v) is 14.0. The lowest BCUT2D eigenvalue weighted by Crippen LogP contribution is -2.49. The Morgan fingerprint density at radius 3 is 2.73 bits per heavy atom. The monoisotopic (exact) mass is 539 g/mol. The van der Waals surface area contributed by atoms with Gasteiger partial charge in [0.05, 0.1) is 6.04 Å². The summed E-state index contributed by atoms with van der Waals surface area (Å²) in [5, 5.41) is 5.52. The van der Waals surface area contributed by atoms with Crippen molar-refractivity contribution < 1.29 is 14.3 Å². The first kappa shape index (κ1) is 27.0. The van der Waals surface area contributed by atoms with Gasteiger partial charge in [0.2, 0.25) is 5.91 Å². The molecule has 0 aliphatic carbocycles. The van der Waals surface area contributed by atoms with Gasteiger partial charge in [-0.2, -0.15) is 0 Å². The molecule has 196 valence electrons. The third-order valence-electron chi connectivity index (χ3n) is 6.76. The molecule has 2 atom stereocenters. The molecule has 2 aromatic carbocycles. The zero-order valence-electron chi connectivity index (χ0n) is 21.6. The Morgan fingerprint density at radius 2 is 2.00 bits per heavy atom. The number of aryl methyl sites for hydroxylation is 1. The molecule has 0 fully saturated rings. The lowest BCUT2D eigenvalue weighted by atomic mass is 10.00. The number of rotatable bonds is 9. The van der Waals surface area contributed by atoms with Gasteiger partial charge in [-0.3, -0.25) is 4.79 Å². The van der Waals surface area contributed by atoms with Crippen molar-refractivity contribution in [3.05, 3.63) is 81.0 Å². The van der Waals surface area contributed by atoms with Crippen molar-refractivity contribution in [3.8, 4) is 5.75 Å². The minimum Gasteiger partial charge on any atom is -0.491 e. The third-order valence-corrected chi connectivity index (χ3v) is 7.99. The Balaban J connectivity index is 1.50. The summed E-state index contributed by atoms with van der Waals surface area (Å²) < 4.78 is 6.14. The predicted molar refractivity (Wildman–Crippen MR) is 151 cm³/mol. The van der Waals surface area contributed by atoms with E-state index in [0.29, 0.717) is 30.4 Å². The van der Waals surface area contributed by atoms with Gasteiger partial charge in [-0.05, 0) is 66.6 Å². The zero-order valence-corrected chi connectivity index (χ0v) is 23.1. The van der Waals surface area contributed by atoms with Crippen LogP contribution in [0.25, 0.3) is 0 Å². The molecular weight excluding hydrogens is 506 g/mol. The molecule has 3 aromatic rings. The van der Waals surface area contributed by atoms with Crippen LogP contribution in [0, 0.1) is 12.8 Å². The molecule has 1 aliphatic rings. The number of amides is 3. The molecule has 0 saturated carbocycles. The molecule has 0 bridgehead atoms. The van der Waals surface area contributed by atoms with E-state index in [-0.39, 0.29) is 30.4 Å². The van der Waals surface area contributed by atoms with Crippen LogP contribution in [0.2, 0.25) is 5.02 Å². The van der Waals surface area contributed by atoms with Crippen molar-refractivity contribution in [2.45, 2.75) is 39.7 Å². The van der Waals surface area contributed by atoms with Gasteiger partial charge in [0.15, 0.2) is 0 Å². The molecule has 4 rings (SSSR count). The van der Waals surface area contributed by atoms with E-state index in [9.17, 15) is 9.59 Å². The van der Waals surface area contributed by atoms with Gasteiger partial charge in [-0.25, -0.2) is 4.79 Å². The number of thiophene rings is 1. The van der Waals surface area contributed by atoms with E-state index in [2.05, 4.69) is 30.6 Å². The zero-order chi connectivity index (χ0) is 26.4. The molecule has 0 spiro atoms. The van der Waals surface area contributed by atoms with Crippen molar-refractivity contribution in [2.24, 2.45) is 5.92 Å². The highest BCUT2D eigenvalue weighted by atomic mass is 35.5. The number of carbonyl (C=O) groups excluding carboxylic acids is 2. The van der Waals surface area contributed by atoms with Crippen LogP contribution in [-0.4, -0.2) is 48.0 Å². The molecule has 6 nitrogen and oxygen atoms in total. The second-order valence-electron chi connectivity index (χ2n) is 9.61. The molecule has 1 aliphatic heterocycles. The highest BCUT2D eigenvalue weighted by molar-refractivity contribution is 7.10. The average molecular weight is 540 g/mol. The molecule has 37 heavy (non-hydrogen) atoms. The van der Waals surface area contributed by atoms with Crippen molar-refractivity contribution in [1.29, 1.82) is 0 Å². The van der Waals surface area contributed by atoms with Crippen LogP contribution in [0.3, 0.4) is 0 Å². The first-order chi connectivity index (χ1) is 17.8. The SMILES string of the molecule is CC[C@H](C)CN(CC(=O)N1CCc2sccc2[C@@H]1COc1ccc(C)cc1)C(=O)Nc1cccc(Cl)c1. The number of urea groups is 1. The minimum absolute atomic E-state index is 0.00274. The summed E-state index contributed by atoms with van der Waals surface area (Å²) in [5.41, 5.74) is 2.90. The molecule has 3 amide bonds. The second kappa shape index (κ2) is 12.5. The van der Waals surface area contributed by atoms with E-state index >= 15 is 0 Å². The fourth-order valence-corrected chi connectivity index (χ4v) is 5.55. The maximum atomic E-state index is 13.7. The summed E-state index contributed by atoms with van der Waals surface area (Å²) in [4.78, 5) is 31.7. The minimum atomic E-state index is -0.309. The number of nitrogens with one attached hydrogen (secondary N) is 1. The highest BCUT2D eigenvalue weighted by Gasteiger charge is 2.33. The Labute approximate surface area is 228 Å². The first-order valence-electron chi connectivity index (χ1n) is 12.7. The Bertz CT molecular complexity index is 1210. The smallest absolute Gasteiger partial charge is 0.322 e. The van der Waals surface area contributed by atoms with Gasteiger partial charge in [0.25, 0.3) is 0 Å². The van der Waals surface area contributed by atoms with Crippen molar-refractivity contribution in [2.75, 3.05) is 31.6 Å². The second-order valence-corrected chi connectivity index (χ2v) is 11.0. The van der Waals surface area contributed by atoms with Gasteiger partial charge in [0.1, 0.15) is 18.9 Å². The van der Waals surface area contributed by atoms with Crippen LogP contribution in [0.5, 0.6) is 5.75 Å². The quantitative estimate of drug-likeness (QED) is 0.325. The largest absolute Gasteiger partial charge is 0.491 e. The fraction of sp³-hybridized carbons (Fsp3) is 0.379. The van der Waals surface area contributed by atoms with Crippen LogP contribution in [0.4, 0.5) is 10.5 Å². The maximum Gasteiger partial charge on any atom is 0.322 e. The molecule has 8 heteroatoms. The molecule has 1 N–H and O–H groups in total. The number of nitrogens with zero attached hydrogens (tertiary/aromatic N) is 2. The number of carbonyl (C=O) groups is 2. The van der Waals surface area contributed by atoms with E-state index in [1.807, 2.05) is 36.1 Å². The normalized spacial score (nSPS) is 15.6. The molecule has 0 radical (unpaired) electrons. The van der Waals surface area contributed by atoms with Gasteiger partial charge < -0.3 is 19.9 Å². The number of anilines is 1. The van der Waals surface area contributed by atoms with Crippen molar-refractivity contribution in [3.63, 3.8) is 0 Å². The van der Waals surface area contributed by atoms with E-state index in [1.165, 1.54) is 10.4 Å². The Kier molecular flexibility index (Phi) is 9.11. The summed E-state index contributed by atoms with van der Waals surface area (Å²) in [7, 11) is 0. The van der Waals surface area contributed by atoms with Crippen LogP contribution in [-0.2, 0) is 11.2 Å². The van der Waals surface area contributed by atoms with Gasteiger partial charge in [-0.1, -0.05) is 55.6 Å². The topological polar surface area (TPSA) is 61.9 Å². The summed E-state index contributed by atoms with van der Waals surface area (Å²) in [6.45, 7) is 7.65. The summed E-state index contributed by atoms with van der Waals surface area (Å²) in [6.07, 6.45) is 1.71. The Morgan fingerprint density at radius 1 is 1.22 bits per heavy atom. The number of hydrogen-bond acceptors (Lipinski definition) is 4. The molecule has 0 saturated heterocycles. The summed E-state index contributed by atoms with van der Waals surface area (Å²) in [6, 6.07) is 16.5. The van der Waals surface area contributed by atoms with Crippen LogP contribution in [0.15, 0.2) is 60.0 Å². The van der Waals surface area contributed by atoms with Crippen molar-refractivity contribution >= 4 is 40.6 Å². The van der Waals surface area contributed by atoms with Crippen molar-refractivity contribution in [1.82, 2.24) is 9.80 Å². The maximum absolute atomic E-state index is 13.7. The van der Waals surface area contributed by atoms with E-state index in [1.54, 1.807) is 40.5 Å².